The lowest BCUT2D eigenvalue weighted by molar-refractivity contribution is -0.120. The van der Waals surface area contributed by atoms with Gasteiger partial charge in [-0.3, -0.25) is 9.59 Å². The van der Waals surface area contributed by atoms with E-state index in [0.717, 1.165) is 0 Å². The Morgan fingerprint density at radius 2 is 1.50 bits per heavy atom. The van der Waals surface area contributed by atoms with Crippen LogP contribution >= 0.6 is 0 Å². The summed E-state index contributed by atoms with van der Waals surface area (Å²) in [5, 5.41) is 0. The molecule has 0 aromatic carbocycles. The Bertz CT molecular complexity index is 308. The Morgan fingerprint density at radius 3 is 1.71 bits per heavy atom. The van der Waals surface area contributed by atoms with Crippen molar-refractivity contribution in [1.82, 2.24) is 4.31 Å². The van der Waals surface area contributed by atoms with Gasteiger partial charge >= 0.3 is 0 Å². The van der Waals surface area contributed by atoms with Crippen molar-refractivity contribution in [1.29, 1.82) is 0 Å². The van der Waals surface area contributed by atoms with Gasteiger partial charge in [0.25, 0.3) is 0 Å². The van der Waals surface area contributed by atoms with Crippen LogP contribution in [-0.2, 0) is 19.6 Å². The molecule has 0 atom stereocenters. The summed E-state index contributed by atoms with van der Waals surface area (Å²) in [5.41, 5.74) is 9.65. The number of sulfonamides is 1. The lowest BCUT2D eigenvalue weighted by Crippen LogP contribution is -2.43. The molecular weight excluding hydrogens is 210 g/mol. The first-order chi connectivity index (χ1) is 6.29. The summed E-state index contributed by atoms with van der Waals surface area (Å²) in [5.74, 6) is -1.88. The Kier molecular flexibility index (Phi) is 4.51. The summed E-state index contributed by atoms with van der Waals surface area (Å²) in [6.07, 6.45) is 0. The molecule has 0 fully saturated rings. The summed E-state index contributed by atoms with van der Waals surface area (Å²) >= 11 is 0. The van der Waals surface area contributed by atoms with E-state index in [1.54, 1.807) is 0 Å². The molecule has 0 aliphatic carbocycles. The second-order valence-electron chi connectivity index (χ2n) is 2.60. The minimum absolute atomic E-state index is 0.215. The summed E-state index contributed by atoms with van der Waals surface area (Å²) in [6.45, 7) is 0.336. The monoisotopic (exact) mass is 223 g/mol. The molecule has 0 aliphatic heterocycles. The predicted molar refractivity (Wildman–Crippen MR) is 49.4 cm³/mol. The fraction of sp³-hybridized carbons (Fsp3) is 0.667. The van der Waals surface area contributed by atoms with E-state index in [1.807, 2.05) is 0 Å². The van der Waals surface area contributed by atoms with Crippen LogP contribution in [0.25, 0.3) is 0 Å². The first-order valence-electron chi connectivity index (χ1n) is 3.84. The van der Waals surface area contributed by atoms with E-state index in [4.69, 9.17) is 11.5 Å². The van der Waals surface area contributed by atoms with E-state index in [0.29, 0.717) is 4.31 Å². The maximum Gasteiger partial charge on any atom is 0.232 e. The highest BCUT2D eigenvalue weighted by Gasteiger charge is 2.23. The number of nitrogens with two attached hydrogens (primary N) is 2. The number of nitrogens with zero attached hydrogens (tertiary/aromatic N) is 1. The highest BCUT2D eigenvalue weighted by Crippen LogP contribution is 1.99. The van der Waals surface area contributed by atoms with Crippen molar-refractivity contribution in [3.05, 3.63) is 0 Å². The minimum Gasteiger partial charge on any atom is -0.369 e. The number of hydrogen-bond acceptors (Lipinski definition) is 4. The van der Waals surface area contributed by atoms with Crippen LogP contribution in [-0.4, -0.2) is 43.4 Å². The van der Waals surface area contributed by atoms with Crippen LogP contribution in [0.3, 0.4) is 0 Å². The van der Waals surface area contributed by atoms with Gasteiger partial charge in [-0.1, -0.05) is 0 Å². The maximum atomic E-state index is 11.3. The van der Waals surface area contributed by atoms with Crippen LogP contribution in [0, 0.1) is 0 Å². The zero-order valence-corrected chi connectivity index (χ0v) is 8.58. The van der Waals surface area contributed by atoms with Gasteiger partial charge in [0.1, 0.15) is 0 Å². The van der Waals surface area contributed by atoms with E-state index in [2.05, 4.69) is 0 Å². The Balaban J connectivity index is 4.72. The van der Waals surface area contributed by atoms with E-state index in [-0.39, 0.29) is 5.75 Å². The Hall–Kier alpha value is -1.15. The van der Waals surface area contributed by atoms with Gasteiger partial charge in [-0.15, -0.1) is 0 Å². The standard InChI is InChI=1S/C6H13N3O4S/c1-2-14(12,13)9(3-5(7)10)4-6(8)11/h2-4H2,1H3,(H2,7,10)(H2,8,11). The number of rotatable bonds is 6. The zero-order chi connectivity index (χ0) is 11.4. The average Bonchev–Trinajstić information content (AvgIpc) is 2.01. The number of amides is 2. The SMILES string of the molecule is CCS(=O)(=O)N(CC(N)=O)CC(N)=O. The van der Waals surface area contributed by atoms with Crippen LogP contribution in [0.4, 0.5) is 0 Å². The Morgan fingerprint density at radius 1 is 1.14 bits per heavy atom. The fourth-order valence-electron chi connectivity index (χ4n) is 0.783. The smallest absolute Gasteiger partial charge is 0.232 e. The second kappa shape index (κ2) is 4.91. The fourth-order valence-corrected chi connectivity index (χ4v) is 1.80. The van der Waals surface area contributed by atoms with Crippen molar-refractivity contribution in [2.75, 3.05) is 18.8 Å². The van der Waals surface area contributed by atoms with Gasteiger partial charge in [0.15, 0.2) is 0 Å². The molecule has 82 valence electrons. The molecular formula is C6H13N3O4S. The zero-order valence-electron chi connectivity index (χ0n) is 7.76. The quantitative estimate of drug-likeness (QED) is 0.521. The van der Waals surface area contributed by atoms with Crippen LogP contribution in [0.1, 0.15) is 6.92 Å². The molecule has 0 aromatic heterocycles. The molecule has 0 heterocycles. The first-order valence-corrected chi connectivity index (χ1v) is 5.45. The molecule has 7 nitrogen and oxygen atoms in total. The third-order valence-corrected chi connectivity index (χ3v) is 3.20. The largest absolute Gasteiger partial charge is 0.369 e. The van der Waals surface area contributed by atoms with Gasteiger partial charge in [-0.2, -0.15) is 4.31 Å². The molecule has 0 saturated carbocycles. The molecule has 0 spiro atoms. The highest BCUT2D eigenvalue weighted by atomic mass is 32.2. The summed E-state index contributed by atoms with van der Waals surface area (Å²) in [4.78, 5) is 21.0. The molecule has 2 amide bonds. The summed E-state index contributed by atoms with van der Waals surface area (Å²) < 4.78 is 23.2. The van der Waals surface area contributed by atoms with Gasteiger partial charge in [0, 0.05) is 0 Å². The maximum absolute atomic E-state index is 11.3. The summed E-state index contributed by atoms with van der Waals surface area (Å²) in [6, 6.07) is 0. The van der Waals surface area contributed by atoms with Crippen LogP contribution in [0.2, 0.25) is 0 Å². The van der Waals surface area contributed by atoms with Crippen molar-refractivity contribution < 1.29 is 18.0 Å². The van der Waals surface area contributed by atoms with Crippen LogP contribution in [0.5, 0.6) is 0 Å². The minimum atomic E-state index is -3.62. The van der Waals surface area contributed by atoms with Crippen molar-refractivity contribution >= 4 is 21.8 Å². The molecule has 0 unspecified atom stereocenters. The van der Waals surface area contributed by atoms with Crippen molar-refractivity contribution in [3.63, 3.8) is 0 Å². The van der Waals surface area contributed by atoms with Crippen LogP contribution in [0.15, 0.2) is 0 Å². The molecule has 0 aliphatic rings. The Labute approximate surface area is 82.1 Å². The molecule has 0 saturated heterocycles. The van der Waals surface area contributed by atoms with Gasteiger partial charge < -0.3 is 11.5 Å². The molecule has 0 rings (SSSR count). The lowest BCUT2D eigenvalue weighted by atomic mass is 10.5. The number of hydrogen-bond donors (Lipinski definition) is 2. The van der Waals surface area contributed by atoms with Gasteiger partial charge in [-0.25, -0.2) is 8.42 Å². The van der Waals surface area contributed by atoms with Crippen molar-refractivity contribution in [2.45, 2.75) is 6.92 Å². The second-order valence-corrected chi connectivity index (χ2v) is 4.86. The van der Waals surface area contributed by atoms with E-state index in [9.17, 15) is 18.0 Å². The average molecular weight is 223 g/mol. The lowest BCUT2D eigenvalue weighted by Gasteiger charge is -2.17. The van der Waals surface area contributed by atoms with E-state index in [1.165, 1.54) is 6.92 Å². The predicted octanol–water partition coefficient (Wildman–Crippen LogP) is -2.39. The number of carbonyl (C=O) groups is 2. The molecule has 0 bridgehead atoms. The molecule has 8 heteroatoms. The van der Waals surface area contributed by atoms with Crippen molar-refractivity contribution in [2.24, 2.45) is 11.5 Å². The van der Waals surface area contributed by atoms with Gasteiger partial charge in [0.05, 0.1) is 18.8 Å². The van der Waals surface area contributed by atoms with Gasteiger partial charge in [-0.05, 0) is 6.92 Å². The topological polar surface area (TPSA) is 124 Å². The number of primary amides is 2. The molecule has 14 heavy (non-hydrogen) atoms. The molecule has 4 N–H and O–H groups in total. The van der Waals surface area contributed by atoms with Crippen molar-refractivity contribution in [3.8, 4) is 0 Å². The normalized spacial score (nSPS) is 11.6. The van der Waals surface area contributed by atoms with E-state index < -0.39 is 34.9 Å². The highest BCUT2D eigenvalue weighted by molar-refractivity contribution is 7.89. The van der Waals surface area contributed by atoms with Crippen LogP contribution < -0.4 is 11.5 Å². The molecule has 0 radical (unpaired) electrons. The summed E-state index contributed by atoms with van der Waals surface area (Å²) in [7, 11) is -3.62. The van der Waals surface area contributed by atoms with E-state index >= 15 is 0 Å². The first kappa shape index (κ1) is 12.8. The third-order valence-electron chi connectivity index (χ3n) is 1.42. The van der Waals surface area contributed by atoms with Gasteiger partial charge in [0.2, 0.25) is 21.8 Å². The molecule has 0 aromatic rings. The number of carbonyl (C=O) groups excluding carboxylic acids is 2. The third kappa shape index (κ3) is 4.19.